The van der Waals surface area contributed by atoms with Gasteiger partial charge in [-0.3, -0.25) is 4.79 Å². The molecule has 1 amide bonds. The van der Waals surface area contributed by atoms with E-state index in [1.807, 2.05) is 44.3 Å². The maximum absolute atomic E-state index is 12.1. The lowest BCUT2D eigenvalue weighted by Gasteiger charge is -2.10. The zero-order chi connectivity index (χ0) is 13.7. The third-order valence-electron chi connectivity index (χ3n) is 2.93. The molecule has 0 atom stereocenters. The summed E-state index contributed by atoms with van der Waals surface area (Å²) < 4.78 is 5.22. The number of benzene rings is 1. The average Bonchev–Trinajstić information content (AvgIpc) is 2.91. The number of rotatable bonds is 5. The molecule has 100 valence electrons. The number of amides is 1. The van der Waals surface area contributed by atoms with Crippen molar-refractivity contribution >= 4 is 11.6 Å². The van der Waals surface area contributed by atoms with Crippen molar-refractivity contribution in [3.8, 4) is 0 Å². The SMILES string of the molecule is CNc1ccc(C)cc1C(=O)NCCc1ccco1. The molecule has 0 unspecified atom stereocenters. The molecule has 0 spiro atoms. The Balaban J connectivity index is 1.97. The first kappa shape index (κ1) is 13.2. The number of carbonyl (C=O) groups is 1. The summed E-state index contributed by atoms with van der Waals surface area (Å²) in [4.78, 5) is 12.1. The Morgan fingerprint density at radius 3 is 2.84 bits per heavy atom. The second kappa shape index (κ2) is 6.09. The van der Waals surface area contributed by atoms with Crippen molar-refractivity contribution in [1.82, 2.24) is 5.32 Å². The minimum atomic E-state index is -0.0698. The molecule has 1 heterocycles. The fraction of sp³-hybridized carbons (Fsp3) is 0.267. The van der Waals surface area contributed by atoms with Crippen LogP contribution in [0.2, 0.25) is 0 Å². The van der Waals surface area contributed by atoms with Gasteiger partial charge in [0.05, 0.1) is 11.8 Å². The highest BCUT2D eigenvalue weighted by Crippen LogP contribution is 2.16. The summed E-state index contributed by atoms with van der Waals surface area (Å²) in [7, 11) is 1.81. The lowest BCUT2D eigenvalue weighted by molar-refractivity contribution is 0.0954. The van der Waals surface area contributed by atoms with Gasteiger partial charge in [-0.05, 0) is 31.2 Å². The zero-order valence-electron chi connectivity index (χ0n) is 11.2. The van der Waals surface area contributed by atoms with Crippen molar-refractivity contribution in [3.05, 3.63) is 53.5 Å². The predicted octanol–water partition coefficient (Wildman–Crippen LogP) is 2.60. The van der Waals surface area contributed by atoms with Crippen molar-refractivity contribution in [2.24, 2.45) is 0 Å². The molecular formula is C15H18N2O2. The molecule has 19 heavy (non-hydrogen) atoms. The monoisotopic (exact) mass is 258 g/mol. The second-order valence-corrected chi connectivity index (χ2v) is 4.38. The number of carbonyl (C=O) groups excluding carboxylic acids is 1. The molecule has 2 N–H and O–H groups in total. The number of nitrogens with one attached hydrogen (secondary N) is 2. The van der Waals surface area contributed by atoms with Crippen LogP contribution in [0.3, 0.4) is 0 Å². The van der Waals surface area contributed by atoms with Gasteiger partial charge in [-0.15, -0.1) is 0 Å². The Morgan fingerprint density at radius 1 is 1.32 bits per heavy atom. The first-order chi connectivity index (χ1) is 9.20. The highest BCUT2D eigenvalue weighted by atomic mass is 16.3. The second-order valence-electron chi connectivity index (χ2n) is 4.38. The van der Waals surface area contributed by atoms with Crippen molar-refractivity contribution < 1.29 is 9.21 Å². The number of hydrogen-bond acceptors (Lipinski definition) is 3. The van der Waals surface area contributed by atoms with Crippen molar-refractivity contribution in [3.63, 3.8) is 0 Å². The van der Waals surface area contributed by atoms with Crippen LogP contribution < -0.4 is 10.6 Å². The molecule has 1 aromatic heterocycles. The fourth-order valence-corrected chi connectivity index (χ4v) is 1.91. The van der Waals surface area contributed by atoms with Crippen LogP contribution in [0, 0.1) is 6.92 Å². The smallest absolute Gasteiger partial charge is 0.253 e. The quantitative estimate of drug-likeness (QED) is 0.866. The maximum atomic E-state index is 12.1. The first-order valence-electron chi connectivity index (χ1n) is 6.29. The van der Waals surface area contributed by atoms with E-state index in [2.05, 4.69) is 10.6 Å². The van der Waals surface area contributed by atoms with Crippen molar-refractivity contribution in [2.45, 2.75) is 13.3 Å². The van der Waals surface area contributed by atoms with E-state index in [0.29, 0.717) is 18.5 Å². The Hall–Kier alpha value is -2.23. The zero-order valence-corrected chi connectivity index (χ0v) is 11.2. The van der Waals surface area contributed by atoms with Gasteiger partial charge in [-0.1, -0.05) is 11.6 Å². The van der Waals surface area contributed by atoms with Crippen LogP contribution in [0.4, 0.5) is 5.69 Å². The summed E-state index contributed by atoms with van der Waals surface area (Å²) >= 11 is 0. The molecule has 1 aromatic carbocycles. The molecule has 0 fully saturated rings. The summed E-state index contributed by atoms with van der Waals surface area (Å²) in [6.07, 6.45) is 2.33. The Bertz CT molecular complexity index is 547. The van der Waals surface area contributed by atoms with Gasteiger partial charge in [0.15, 0.2) is 0 Å². The average molecular weight is 258 g/mol. The molecule has 0 aliphatic heterocycles. The lowest BCUT2D eigenvalue weighted by atomic mass is 10.1. The van der Waals surface area contributed by atoms with Gasteiger partial charge in [0.1, 0.15) is 5.76 Å². The summed E-state index contributed by atoms with van der Waals surface area (Å²) in [6, 6.07) is 9.52. The van der Waals surface area contributed by atoms with Crippen LogP contribution in [0.5, 0.6) is 0 Å². The molecule has 4 nitrogen and oxygen atoms in total. The normalized spacial score (nSPS) is 10.2. The minimum absolute atomic E-state index is 0.0698. The van der Waals surface area contributed by atoms with Crippen molar-refractivity contribution in [1.29, 1.82) is 0 Å². The standard InChI is InChI=1S/C15H18N2O2/c1-11-5-6-14(16-2)13(10-11)15(18)17-8-7-12-4-3-9-19-12/h3-6,9-10,16H,7-8H2,1-2H3,(H,17,18). The maximum Gasteiger partial charge on any atom is 0.253 e. The molecule has 2 aromatic rings. The number of furan rings is 1. The van der Waals surface area contributed by atoms with Gasteiger partial charge >= 0.3 is 0 Å². The molecule has 0 aliphatic carbocycles. The third-order valence-corrected chi connectivity index (χ3v) is 2.93. The van der Waals surface area contributed by atoms with Gasteiger partial charge in [-0.2, -0.15) is 0 Å². The Morgan fingerprint density at radius 2 is 2.16 bits per heavy atom. The van der Waals surface area contributed by atoms with Gasteiger partial charge < -0.3 is 15.1 Å². The van der Waals surface area contributed by atoms with Crippen LogP contribution in [0.1, 0.15) is 21.7 Å². The van der Waals surface area contributed by atoms with E-state index in [-0.39, 0.29) is 5.91 Å². The van der Waals surface area contributed by atoms with Gasteiger partial charge in [0.25, 0.3) is 5.91 Å². The number of anilines is 1. The number of hydrogen-bond donors (Lipinski definition) is 2. The highest BCUT2D eigenvalue weighted by Gasteiger charge is 2.10. The number of aryl methyl sites for hydroxylation is 1. The topological polar surface area (TPSA) is 54.3 Å². The molecule has 0 saturated carbocycles. The summed E-state index contributed by atoms with van der Waals surface area (Å²) in [5.74, 6) is 0.804. The minimum Gasteiger partial charge on any atom is -0.469 e. The molecular weight excluding hydrogens is 240 g/mol. The van der Waals surface area contributed by atoms with Crippen molar-refractivity contribution in [2.75, 3.05) is 18.9 Å². The van der Waals surface area contributed by atoms with Gasteiger partial charge in [0, 0.05) is 25.7 Å². The molecule has 0 radical (unpaired) electrons. The summed E-state index contributed by atoms with van der Waals surface area (Å²) in [5, 5.41) is 5.93. The predicted molar refractivity (Wildman–Crippen MR) is 75.5 cm³/mol. The van der Waals surface area contributed by atoms with Crippen LogP contribution in [-0.4, -0.2) is 19.5 Å². The summed E-state index contributed by atoms with van der Waals surface area (Å²) in [6.45, 7) is 2.53. The third kappa shape index (κ3) is 3.37. The molecule has 2 rings (SSSR count). The Kier molecular flexibility index (Phi) is 4.23. The van der Waals surface area contributed by atoms with Crippen LogP contribution in [0.25, 0.3) is 0 Å². The first-order valence-corrected chi connectivity index (χ1v) is 6.29. The van der Waals surface area contributed by atoms with Crippen LogP contribution >= 0.6 is 0 Å². The van der Waals surface area contributed by atoms with E-state index in [0.717, 1.165) is 17.0 Å². The summed E-state index contributed by atoms with van der Waals surface area (Å²) in [5.41, 5.74) is 2.57. The van der Waals surface area contributed by atoms with Gasteiger partial charge in [0.2, 0.25) is 0 Å². The molecule has 0 aliphatic rings. The van der Waals surface area contributed by atoms with Crippen LogP contribution in [-0.2, 0) is 6.42 Å². The van der Waals surface area contributed by atoms with E-state index in [1.54, 1.807) is 6.26 Å². The van der Waals surface area contributed by atoms with E-state index in [1.165, 1.54) is 0 Å². The van der Waals surface area contributed by atoms with Gasteiger partial charge in [-0.25, -0.2) is 0 Å². The van der Waals surface area contributed by atoms with Crippen LogP contribution in [0.15, 0.2) is 41.0 Å². The van der Waals surface area contributed by atoms with E-state index in [9.17, 15) is 4.79 Å². The molecule has 4 heteroatoms. The molecule has 0 bridgehead atoms. The van der Waals surface area contributed by atoms with E-state index < -0.39 is 0 Å². The Labute approximate surface area is 112 Å². The molecule has 0 saturated heterocycles. The highest BCUT2D eigenvalue weighted by molar-refractivity contribution is 5.99. The van der Waals surface area contributed by atoms with E-state index in [4.69, 9.17) is 4.42 Å². The largest absolute Gasteiger partial charge is 0.469 e. The fourth-order valence-electron chi connectivity index (χ4n) is 1.91. The van der Waals surface area contributed by atoms with E-state index >= 15 is 0 Å². The lowest BCUT2D eigenvalue weighted by Crippen LogP contribution is -2.26.